The Balaban J connectivity index is 1.05. The monoisotopic (exact) mass is 723 g/mol. The Morgan fingerprint density at radius 2 is 1.81 bits per heavy atom. The lowest BCUT2D eigenvalue weighted by Crippen LogP contribution is -2.53. The number of halogens is 4. The largest absolute Gasteiger partial charge is 0.432 e. The maximum atomic E-state index is 15.1. The van der Waals surface area contributed by atoms with Crippen molar-refractivity contribution < 1.29 is 27.1 Å². The third-order valence-corrected chi connectivity index (χ3v) is 10.8. The molecule has 0 radical (unpaired) electrons. The highest BCUT2D eigenvalue weighted by Crippen LogP contribution is 2.34. The molecule has 1 unspecified atom stereocenters. The Hall–Kier alpha value is -4.20. The fraction of sp³-hybridized carbons (Fsp3) is 0.487. The SMILES string of the molecule is C=C1C(Nc2ccc(C(C)N3CCN(C(=O)C4CCN(CC5CNC5)CC4)CC3)c(CC)c2)=NC=CN1/C(=C\C)c1ccc(OC(F)F)c(F)c1F. The molecule has 0 aliphatic carbocycles. The highest BCUT2D eigenvalue weighted by atomic mass is 19.3. The highest BCUT2D eigenvalue weighted by molar-refractivity contribution is 6.09. The van der Waals surface area contributed by atoms with Gasteiger partial charge in [-0.2, -0.15) is 13.2 Å². The number of allylic oxidation sites excluding steroid dienone is 1. The van der Waals surface area contributed by atoms with Crippen LogP contribution in [0.1, 0.15) is 56.3 Å². The molecule has 280 valence electrons. The van der Waals surface area contributed by atoms with E-state index in [1.165, 1.54) is 23.4 Å². The number of carbonyl (C=O) groups excluding carboxylic acids is 1. The van der Waals surface area contributed by atoms with E-state index in [1.54, 1.807) is 24.1 Å². The van der Waals surface area contributed by atoms with Gasteiger partial charge in [-0.15, -0.1) is 0 Å². The molecule has 9 nitrogen and oxygen atoms in total. The fourth-order valence-electron chi connectivity index (χ4n) is 7.65. The first kappa shape index (κ1) is 37.6. The zero-order valence-electron chi connectivity index (χ0n) is 30.2. The number of nitrogens with zero attached hydrogens (tertiary/aromatic N) is 5. The Bertz CT molecular complexity index is 1710. The lowest BCUT2D eigenvalue weighted by molar-refractivity contribution is -0.139. The molecular weight excluding hydrogens is 674 g/mol. The average molecular weight is 724 g/mol. The number of alkyl halides is 2. The van der Waals surface area contributed by atoms with Crippen LogP contribution < -0.4 is 15.4 Å². The van der Waals surface area contributed by atoms with Crippen molar-refractivity contribution in [1.29, 1.82) is 0 Å². The Morgan fingerprint density at radius 1 is 1.08 bits per heavy atom. The topological polar surface area (TPSA) is 75.7 Å². The van der Waals surface area contributed by atoms with E-state index in [9.17, 15) is 18.0 Å². The highest BCUT2D eigenvalue weighted by Gasteiger charge is 2.33. The number of amides is 1. The molecule has 2 aromatic rings. The van der Waals surface area contributed by atoms with Crippen molar-refractivity contribution in [3.63, 3.8) is 0 Å². The van der Waals surface area contributed by atoms with Gasteiger partial charge in [-0.3, -0.25) is 9.69 Å². The number of aliphatic imine (C=N–C) groups is 1. The van der Waals surface area contributed by atoms with Crippen LogP contribution in [0.15, 0.2) is 66.1 Å². The molecule has 0 spiro atoms. The predicted octanol–water partition coefficient (Wildman–Crippen LogP) is 6.44. The number of hydrogen-bond donors (Lipinski definition) is 2. The smallest absolute Gasteiger partial charge is 0.387 e. The van der Waals surface area contributed by atoms with Gasteiger partial charge in [0.1, 0.15) is 0 Å². The van der Waals surface area contributed by atoms with Gasteiger partial charge in [-0.25, -0.2) is 9.38 Å². The molecule has 2 N–H and O–H groups in total. The number of aryl methyl sites for hydroxylation is 1. The molecule has 2 aromatic carbocycles. The van der Waals surface area contributed by atoms with Crippen molar-refractivity contribution in [2.75, 3.05) is 64.2 Å². The van der Waals surface area contributed by atoms with Crippen LogP contribution in [0.4, 0.5) is 23.2 Å². The molecule has 4 heterocycles. The normalized spacial score (nSPS) is 20.3. The van der Waals surface area contributed by atoms with Crippen molar-refractivity contribution in [1.82, 2.24) is 24.9 Å². The van der Waals surface area contributed by atoms with Crippen LogP contribution >= 0.6 is 0 Å². The van der Waals surface area contributed by atoms with Gasteiger partial charge in [-0.05, 0) is 87.5 Å². The molecule has 1 atom stereocenters. The number of ether oxygens (including phenoxy) is 1. The second-order valence-corrected chi connectivity index (χ2v) is 13.9. The third kappa shape index (κ3) is 8.21. The van der Waals surface area contributed by atoms with E-state index in [1.807, 2.05) is 6.07 Å². The number of rotatable bonds is 11. The number of carbonyl (C=O) groups is 1. The minimum atomic E-state index is -3.29. The molecule has 0 aromatic heterocycles. The summed E-state index contributed by atoms with van der Waals surface area (Å²) in [6.07, 6.45) is 7.37. The summed E-state index contributed by atoms with van der Waals surface area (Å²) in [7, 11) is 0. The minimum absolute atomic E-state index is 0.134. The molecule has 0 bridgehead atoms. The number of likely N-dealkylation sites (tertiary alicyclic amines) is 1. The minimum Gasteiger partial charge on any atom is -0.432 e. The number of piperazine rings is 1. The van der Waals surface area contributed by atoms with Crippen LogP contribution in [0, 0.1) is 23.5 Å². The summed E-state index contributed by atoms with van der Waals surface area (Å²) in [5.74, 6) is -2.07. The standard InChI is InChI=1S/C39H49F4N7O2/c1-5-28-21-30(46-37-26(4)50(16-13-45-37)33(6-2)32-9-10-34(52-39(42)43)36(41)35(32)40)7-8-31(28)25(3)48-17-19-49(20-18-48)38(51)29-11-14-47(15-12-29)24-27-22-44-23-27/h6-10,13,16,21,25,27,29,39,44H,4-5,11-12,14-15,17-20,22-24H2,1-3H3,(H,45,46)/b33-6-. The summed E-state index contributed by atoms with van der Waals surface area (Å²) >= 11 is 0. The van der Waals surface area contributed by atoms with Crippen molar-refractivity contribution in [3.05, 3.63) is 89.4 Å². The molecule has 4 aliphatic heterocycles. The van der Waals surface area contributed by atoms with Crippen LogP contribution in [-0.2, 0) is 11.2 Å². The number of nitrogens with one attached hydrogen (secondary N) is 2. The van der Waals surface area contributed by atoms with Crippen molar-refractivity contribution >= 4 is 23.1 Å². The third-order valence-electron chi connectivity index (χ3n) is 10.8. The van der Waals surface area contributed by atoms with E-state index in [2.05, 4.69) is 67.6 Å². The maximum absolute atomic E-state index is 15.1. The zero-order chi connectivity index (χ0) is 36.9. The summed E-state index contributed by atoms with van der Waals surface area (Å²) in [5.41, 5.74) is 3.67. The van der Waals surface area contributed by atoms with E-state index >= 15 is 4.39 Å². The molecule has 13 heteroatoms. The van der Waals surface area contributed by atoms with E-state index in [0.717, 1.165) is 95.8 Å². The van der Waals surface area contributed by atoms with Crippen LogP contribution in [0.3, 0.4) is 0 Å². The van der Waals surface area contributed by atoms with Gasteiger partial charge in [0.2, 0.25) is 11.7 Å². The maximum Gasteiger partial charge on any atom is 0.387 e. The molecule has 4 aliphatic rings. The van der Waals surface area contributed by atoms with Crippen LogP contribution in [0.25, 0.3) is 5.70 Å². The van der Waals surface area contributed by atoms with Crippen LogP contribution in [0.5, 0.6) is 5.75 Å². The molecule has 1 amide bonds. The number of anilines is 1. The summed E-state index contributed by atoms with van der Waals surface area (Å²) < 4.78 is 59.1. The van der Waals surface area contributed by atoms with Crippen molar-refractivity contribution in [3.8, 4) is 5.75 Å². The Kier molecular flexibility index (Phi) is 12.0. The fourth-order valence-corrected chi connectivity index (χ4v) is 7.65. The number of amidine groups is 1. The average Bonchev–Trinajstić information content (AvgIpc) is 3.14. The summed E-state index contributed by atoms with van der Waals surface area (Å²) in [6.45, 7) is 15.4. The van der Waals surface area contributed by atoms with E-state index < -0.39 is 24.0 Å². The molecule has 3 fully saturated rings. The van der Waals surface area contributed by atoms with Gasteiger partial charge in [0.05, 0.1) is 11.4 Å². The second-order valence-electron chi connectivity index (χ2n) is 13.9. The van der Waals surface area contributed by atoms with E-state index in [0.29, 0.717) is 17.4 Å². The second kappa shape index (κ2) is 16.6. The summed E-state index contributed by atoms with van der Waals surface area (Å²) in [6, 6.07) is 8.53. The van der Waals surface area contributed by atoms with Crippen molar-refractivity contribution in [2.45, 2.75) is 52.7 Å². The lowest BCUT2D eigenvalue weighted by atomic mass is 9.93. The first-order valence-corrected chi connectivity index (χ1v) is 18.3. The van der Waals surface area contributed by atoms with Crippen molar-refractivity contribution in [2.24, 2.45) is 16.8 Å². The zero-order valence-corrected chi connectivity index (χ0v) is 30.2. The number of piperidine rings is 1. The van der Waals surface area contributed by atoms with Gasteiger partial charge in [-0.1, -0.05) is 25.6 Å². The molecular formula is C39H49F4N7O2. The Labute approximate surface area is 303 Å². The van der Waals surface area contributed by atoms with Crippen LogP contribution in [-0.4, -0.2) is 96.9 Å². The first-order chi connectivity index (χ1) is 25.1. The lowest BCUT2D eigenvalue weighted by Gasteiger charge is -2.41. The molecule has 0 saturated carbocycles. The quantitative estimate of drug-likeness (QED) is 0.259. The van der Waals surface area contributed by atoms with Gasteiger partial charge >= 0.3 is 6.61 Å². The summed E-state index contributed by atoms with van der Waals surface area (Å²) in [5, 5.41) is 6.68. The van der Waals surface area contributed by atoms with E-state index in [-0.39, 0.29) is 23.2 Å². The van der Waals surface area contributed by atoms with Gasteiger partial charge in [0.15, 0.2) is 17.4 Å². The van der Waals surface area contributed by atoms with Gasteiger partial charge in [0.25, 0.3) is 0 Å². The van der Waals surface area contributed by atoms with Gasteiger partial charge in [0, 0.05) is 81.4 Å². The van der Waals surface area contributed by atoms with Gasteiger partial charge < -0.3 is 30.1 Å². The van der Waals surface area contributed by atoms with E-state index in [4.69, 9.17) is 0 Å². The molecule has 3 saturated heterocycles. The first-order valence-electron chi connectivity index (χ1n) is 18.3. The predicted molar refractivity (Wildman–Crippen MR) is 196 cm³/mol. The van der Waals surface area contributed by atoms with Crippen LogP contribution in [0.2, 0.25) is 0 Å². The summed E-state index contributed by atoms with van der Waals surface area (Å²) in [4.78, 5) is 26.5. The number of benzene rings is 2. The Morgan fingerprint density at radius 3 is 2.44 bits per heavy atom. The molecule has 52 heavy (non-hydrogen) atoms. The molecule has 6 rings (SSSR count). The number of hydrogen-bond acceptors (Lipinski definition) is 8.